The summed E-state index contributed by atoms with van der Waals surface area (Å²) < 4.78 is 7.32. The predicted molar refractivity (Wildman–Crippen MR) is 128 cm³/mol. The van der Waals surface area contributed by atoms with E-state index in [1.807, 2.05) is 59.3 Å². The lowest BCUT2D eigenvalue weighted by Crippen LogP contribution is -2.29. The van der Waals surface area contributed by atoms with Crippen molar-refractivity contribution in [1.29, 1.82) is 0 Å². The molecule has 0 aliphatic carbocycles. The van der Waals surface area contributed by atoms with Gasteiger partial charge in [0.2, 0.25) is 0 Å². The van der Waals surface area contributed by atoms with Crippen LogP contribution in [0.4, 0.5) is 0 Å². The van der Waals surface area contributed by atoms with E-state index in [0.29, 0.717) is 16.9 Å². The van der Waals surface area contributed by atoms with Crippen LogP contribution in [0.3, 0.4) is 0 Å². The van der Waals surface area contributed by atoms with Gasteiger partial charge in [0.25, 0.3) is 11.8 Å². The van der Waals surface area contributed by atoms with Crippen molar-refractivity contribution in [3.8, 4) is 5.82 Å². The normalized spacial score (nSPS) is 13.2. The number of fused-ring (bicyclic) bond motifs is 2. The van der Waals surface area contributed by atoms with Crippen molar-refractivity contribution in [2.75, 3.05) is 13.7 Å². The first kappa shape index (κ1) is 20.5. The molecule has 0 bridgehead atoms. The number of hydrogen-bond acceptors (Lipinski definition) is 4. The third-order valence-corrected chi connectivity index (χ3v) is 5.76. The van der Waals surface area contributed by atoms with Crippen molar-refractivity contribution in [3.05, 3.63) is 108 Å². The minimum absolute atomic E-state index is 0.188. The highest BCUT2D eigenvalue weighted by Gasteiger charge is 2.34. The van der Waals surface area contributed by atoms with Crippen LogP contribution in [-0.4, -0.2) is 39.9 Å². The third kappa shape index (κ3) is 3.51. The molecule has 0 unspecified atom stereocenters. The summed E-state index contributed by atoms with van der Waals surface area (Å²) in [6.45, 7) is 4.14. The number of benzene rings is 2. The Morgan fingerprint density at radius 2 is 1.76 bits per heavy atom. The molecular weight excluding hydrogens is 414 g/mol. The van der Waals surface area contributed by atoms with E-state index in [2.05, 4.69) is 11.6 Å². The fraction of sp³-hybridized carbons (Fsp3) is 0.0741. The number of imide groups is 1. The Hall–Kier alpha value is -4.45. The Morgan fingerprint density at radius 1 is 1.03 bits per heavy atom. The van der Waals surface area contributed by atoms with E-state index in [0.717, 1.165) is 27.8 Å². The first-order valence-electron chi connectivity index (χ1n) is 10.5. The minimum atomic E-state index is -0.269. The molecule has 0 saturated carbocycles. The lowest BCUT2D eigenvalue weighted by Gasteiger charge is -2.10. The molecule has 5 rings (SSSR count). The largest absolute Gasteiger partial charge is 0.497 e. The second kappa shape index (κ2) is 8.24. The van der Waals surface area contributed by atoms with Crippen molar-refractivity contribution in [2.45, 2.75) is 0 Å². The second-order valence-electron chi connectivity index (χ2n) is 7.67. The molecule has 0 atom stereocenters. The number of pyridine rings is 1. The molecule has 4 aromatic rings. The number of nitrogens with zero attached hydrogens (tertiary/aromatic N) is 3. The summed E-state index contributed by atoms with van der Waals surface area (Å²) in [6.07, 6.45) is 7.49. The topological polar surface area (TPSA) is 64.4 Å². The highest BCUT2D eigenvalue weighted by molar-refractivity contribution is 6.21. The molecule has 1 aliphatic heterocycles. The quantitative estimate of drug-likeness (QED) is 0.317. The number of hydrogen-bond donors (Lipinski definition) is 0. The highest BCUT2D eigenvalue weighted by Crippen LogP contribution is 2.29. The SMILES string of the molecule is C=C(OC)c1ccc2c(c1)c(/C=C\CN1C(=O)c3ccccc3C1=O)cn2-c1ccccn1. The van der Waals surface area contributed by atoms with E-state index in [1.54, 1.807) is 37.6 Å². The van der Waals surface area contributed by atoms with Crippen molar-refractivity contribution >= 4 is 34.6 Å². The monoisotopic (exact) mass is 435 g/mol. The fourth-order valence-corrected chi connectivity index (χ4v) is 4.06. The Bertz CT molecular complexity index is 1400. The van der Waals surface area contributed by atoms with Gasteiger partial charge in [-0.05, 0) is 42.5 Å². The van der Waals surface area contributed by atoms with Crippen LogP contribution in [0.25, 0.3) is 28.6 Å². The lowest BCUT2D eigenvalue weighted by atomic mass is 10.1. The Kier molecular flexibility index (Phi) is 5.11. The summed E-state index contributed by atoms with van der Waals surface area (Å²) in [5.74, 6) is 0.828. The van der Waals surface area contributed by atoms with Crippen molar-refractivity contribution < 1.29 is 14.3 Å². The van der Waals surface area contributed by atoms with Crippen LogP contribution in [0.1, 0.15) is 31.8 Å². The van der Waals surface area contributed by atoms with Gasteiger partial charge in [-0.25, -0.2) is 4.98 Å². The van der Waals surface area contributed by atoms with E-state index in [1.165, 1.54) is 4.90 Å². The second-order valence-corrected chi connectivity index (χ2v) is 7.67. The molecule has 0 radical (unpaired) electrons. The molecule has 1 aliphatic rings. The third-order valence-electron chi connectivity index (χ3n) is 5.76. The van der Waals surface area contributed by atoms with E-state index in [9.17, 15) is 9.59 Å². The summed E-state index contributed by atoms with van der Waals surface area (Å²) in [5, 5.41) is 0.981. The van der Waals surface area contributed by atoms with Gasteiger partial charge in [-0.3, -0.25) is 14.5 Å². The molecule has 162 valence electrons. The van der Waals surface area contributed by atoms with Gasteiger partial charge in [0.05, 0.1) is 23.8 Å². The Morgan fingerprint density at radius 3 is 2.42 bits per heavy atom. The Labute approximate surface area is 191 Å². The van der Waals surface area contributed by atoms with Gasteiger partial charge in [0, 0.05) is 35.5 Å². The molecule has 0 saturated heterocycles. The van der Waals surface area contributed by atoms with Gasteiger partial charge >= 0.3 is 0 Å². The molecule has 3 heterocycles. The molecule has 0 N–H and O–H groups in total. The molecule has 2 amide bonds. The van der Waals surface area contributed by atoms with Crippen molar-refractivity contribution in [2.24, 2.45) is 0 Å². The van der Waals surface area contributed by atoms with Gasteiger partial charge < -0.3 is 9.30 Å². The fourth-order valence-electron chi connectivity index (χ4n) is 4.06. The molecule has 0 fully saturated rings. The summed E-state index contributed by atoms with van der Waals surface area (Å²) in [5.41, 5.74) is 3.68. The van der Waals surface area contributed by atoms with E-state index >= 15 is 0 Å². The van der Waals surface area contributed by atoms with Gasteiger partial charge in [-0.2, -0.15) is 0 Å². The molecular formula is C27H21N3O3. The van der Waals surface area contributed by atoms with Gasteiger partial charge in [-0.15, -0.1) is 0 Å². The Balaban J connectivity index is 1.51. The number of methoxy groups -OCH3 is 1. The zero-order valence-corrected chi connectivity index (χ0v) is 18.1. The average Bonchev–Trinajstić information content (AvgIpc) is 3.34. The molecule has 0 spiro atoms. The van der Waals surface area contributed by atoms with Crippen LogP contribution in [0.2, 0.25) is 0 Å². The summed E-state index contributed by atoms with van der Waals surface area (Å²) in [7, 11) is 1.59. The number of rotatable bonds is 6. The minimum Gasteiger partial charge on any atom is -0.497 e. The van der Waals surface area contributed by atoms with Gasteiger partial charge in [0.15, 0.2) is 0 Å². The zero-order chi connectivity index (χ0) is 22.9. The number of aromatic nitrogens is 2. The number of carbonyl (C=O) groups excluding carboxylic acids is 2. The summed E-state index contributed by atoms with van der Waals surface area (Å²) in [4.78, 5) is 31.0. The number of ether oxygens (including phenoxy) is 1. The first-order chi connectivity index (χ1) is 16.1. The smallest absolute Gasteiger partial charge is 0.261 e. The van der Waals surface area contributed by atoms with E-state index in [-0.39, 0.29) is 18.4 Å². The zero-order valence-electron chi connectivity index (χ0n) is 18.1. The van der Waals surface area contributed by atoms with Crippen LogP contribution in [0.15, 0.2) is 85.7 Å². The maximum atomic E-state index is 12.6. The van der Waals surface area contributed by atoms with Crippen LogP contribution in [0.5, 0.6) is 0 Å². The van der Waals surface area contributed by atoms with E-state index < -0.39 is 0 Å². The van der Waals surface area contributed by atoms with E-state index in [4.69, 9.17) is 4.74 Å². The molecule has 33 heavy (non-hydrogen) atoms. The molecule has 2 aromatic heterocycles. The molecule has 6 nitrogen and oxygen atoms in total. The van der Waals surface area contributed by atoms with Crippen molar-refractivity contribution in [3.63, 3.8) is 0 Å². The predicted octanol–water partition coefficient (Wildman–Crippen LogP) is 4.95. The van der Waals surface area contributed by atoms with Gasteiger partial charge in [-0.1, -0.05) is 36.9 Å². The van der Waals surface area contributed by atoms with Crippen molar-refractivity contribution in [1.82, 2.24) is 14.5 Å². The summed E-state index contributed by atoms with van der Waals surface area (Å²) >= 11 is 0. The standard InChI is InChI=1S/C27H21N3O3/c1-18(33-2)19-12-13-24-23(16-19)20(17-30(24)25-11-5-6-14-28-25)8-7-15-29-26(31)21-9-3-4-10-22(21)27(29)32/h3-14,16-17H,1,15H2,2H3/b8-7-. The molecule has 6 heteroatoms. The maximum absolute atomic E-state index is 12.6. The van der Waals surface area contributed by atoms with Crippen LogP contribution < -0.4 is 0 Å². The van der Waals surface area contributed by atoms with Crippen LogP contribution in [-0.2, 0) is 4.74 Å². The average molecular weight is 435 g/mol. The van der Waals surface area contributed by atoms with Crippen LogP contribution in [0, 0.1) is 0 Å². The molecule has 2 aromatic carbocycles. The maximum Gasteiger partial charge on any atom is 0.261 e. The summed E-state index contributed by atoms with van der Waals surface area (Å²) in [6, 6.07) is 18.6. The number of carbonyl (C=O) groups is 2. The highest BCUT2D eigenvalue weighted by atomic mass is 16.5. The first-order valence-corrected chi connectivity index (χ1v) is 10.5. The lowest BCUT2D eigenvalue weighted by molar-refractivity contribution is 0.0672. The van der Waals surface area contributed by atoms with Crippen LogP contribution >= 0.6 is 0 Å². The number of amides is 2. The van der Waals surface area contributed by atoms with Gasteiger partial charge in [0.1, 0.15) is 11.6 Å².